The van der Waals surface area contributed by atoms with Gasteiger partial charge in [0.25, 0.3) is 10.1 Å². The van der Waals surface area contributed by atoms with Crippen molar-refractivity contribution in [1.82, 2.24) is 0 Å². The average molecular weight is 315 g/mol. The fourth-order valence-electron chi connectivity index (χ4n) is 1.77. The van der Waals surface area contributed by atoms with Gasteiger partial charge in [-0.25, -0.2) is 0 Å². The summed E-state index contributed by atoms with van der Waals surface area (Å²) >= 11 is 0. The number of rotatable bonds is 11. The molecule has 0 aliphatic rings. The first-order valence-corrected chi connectivity index (χ1v) is 8.12. The van der Waals surface area contributed by atoms with Gasteiger partial charge < -0.3 is 0 Å². The molecule has 18 heavy (non-hydrogen) atoms. The third-order valence-electron chi connectivity index (χ3n) is 2.76. The van der Waals surface area contributed by atoms with Crippen LogP contribution in [0, 0.1) is 0 Å². The van der Waals surface area contributed by atoms with Crippen molar-refractivity contribution >= 4 is 91.1 Å². The van der Waals surface area contributed by atoms with Crippen LogP contribution in [0.1, 0.15) is 71.1 Å². The first-order valence-electron chi connectivity index (χ1n) is 6.51. The Hall–Kier alpha value is 2.55. The van der Waals surface area contributed by atoms with Gasteiger partial charge in [0.05, 0.1) is 5.75 Å². The molecular formula is C12H28KNaO3S. The molecule has 0 radical (unpaired) electrons. The second-order valence-corrected chi connectivity index (χ2v) is 6.04. The average Bonchev–Trinajstić information content (AvgIpc) is 2.19. The Morgan fingerprint density at radius 2 is 1.11 bits per heavy atom. The summed E-state index contributed by atoms with van der Waals surface area (Å²) in [6, 6.07) is 0. The second kappa shape index (κ2) is 17.6. The van der Waals surface area contributed by atoms with E-state index in [2.05, 4.69) is 6.92 Å². The van der Waals surface area contributed by atoms with E-state index in [9.17, 15) is 8.42 Å². The molecule has 3 nitrogen and oxygen atoms in total. The van der Waals surface area contributed by atoms with Gasteiger partial charge in [0, 0.05) is 0 Å². The number of hydrogen-bond acceptors (Lipinski definition) is 2. The summed E-state index contributed by atoms with van der Waals surface area (Å²) in [5, 5.41) is 0. The summed E-state index contributed by atoms with van der Waals surface area (Å²) in [6.45, 7) is 2.22. The predicted molar refractivity (Wildman–Crippen MR) is 82.6 cm³/mol. The van der Waals surface area contributed by atoms with E-state index in [4.69, 9.17) is 4.55 Å². The summed E-state index contributed by atoms with van der Waals surface area (Å²) < 4.78 is 29.4. The van der Waals surface area contributed by atoms with Crippen molar-refractivity contribution < 1.29 is 13.0 Å². The Balaban J connectivity index is -0.00000112. The molecule has 0 unspecified atom stereocenters. The Labute approximate surface area is 178 Å². The molecule has 0 aromatic rings. The molecule has 0 amide bonds. The van der Waals surface area contributed by atoms with Crippen molar-refractivity contribution in [1.29, 1.82) is 0 Å². The van der Waals surface area contributed by atoms with Crippen molar-refractivity contribution in [3.05, 3.63) is 0 Å². The van der Waals surface area contributed by atoms with Gasteiger partial charge in [-0.05, 0) is 6.42 Å². The topological polar surface area (TPSA) is 54.4 Å². The van der Waals surface area contributed by atoms with Crippen LogP contribution in [0.5, 0.6) is 0 Å². The molecule has 0 aliphatic carbocycles. The van der Waals surface area contributed by atoms with E-state index in [1.165, 1.54) is 44.9 Å². The molecule has 0 saturated carbocycles. The van der Waals surface area contributed by atoms with Crippen molar-refractivity contribution in [2.75, 3.05) is 5.75 Å². The molecule has 0 bridgehead atoms. The molecule has 0 aromatic carbocycles. The van der Waals surface area contributed by atoms with Gasteiger partial charge in [-0.15, -0.1) is 0 Å². The zero-order chi connectivity index (χ0) is 12.3. The third kappa shape index (κ3) is 23.6. The van der Waals surface area contributed by atoms with Gasteiger partial charge in [-0.2, -0.15) is 8.42 Å². The van der Waals surface area contributed by atoms with Crippen LogP contribution >= 0.6 is 0 Å². The molecule has 0 aliphatic heterocycles. The van der Waals surface area contributed by atoms with Crippen LogP contribution < -0.4 is 0 Å². The van der Waals surface area contributed by atoms with E-state index in [-0.39, 0.29) is 86.7 Å². The summed E-state index contributed by atoms with van der Waals surface area (Å²) in [5.41, 5.74) is 0. The maximum absolute atomic E-state index is 10.4. The van der Waals surface area contributed by atoms with E-state index in [0.717, 1.165) is 12.8 Å². The van der Waals surface area contributed by atoms with Crippen molar-refractivity contribution in [2.24, 2.45) is 0 Å². The molecular weight excluding hydrogens is 286 g/mol. The quantitative estimate of drug-likeness (QED) is 0.362. The minimum atomic E-state index is -3.73. The molecule has 0 atom stereocenters. The van der Waals surface area contributed by atoms with Crippen LogP contribution in [0.15, 0.2) is 0 Å². The van der Waals surface area contributed by atoms with Gasteiger partial charge in [-0.1, -0.05) is 64.7 Å². The van der Waals surface area contributed by atoms with Gasteiger partial charge >= 0.3 is 80.9 Å². The third-order valence-corrected chi connectivity index (χ3v) is 3.56. The Morgan fingerprint density at radius 1 is 0.778 bits per heavy atom. The first kappa shape index (κ1) is 25.5. The standard InChI is InChI=1S/C12H26O3S.K.Na.2H/c1-2-3-4-5-6-7-8-9-10-11-12-16(13,14)15;;;;/h2-12H2,1H3,(H,13,14,15);;;;. The maximum atomic E-state index is 10.4. The molecule has 1 N–H and O–H groups in total. The SMILES string of the molecule is CCCCCCCCCCCCS(=O)(=O)O.[KH].[NaH]. The van der Waals surface area contributed by atoms with Crippen molar-refractivity contribution in [3.8, 4) is 0 Å². The van der Waals surface area contributed by atoms with Gasteiger partial charge in [0.2, 0.25) is 0 Å². The van der Waals surface area contributed by atoms with Crippen LogP contribution in [0.2, 0.25) is 0 Å². The fraction of sp³-hybridized carbons (Fsp3) is 1.00. The zero-order valence-corrected chi connectivity index (χ0v) is 11.3. The molecule has 0 aromatic heterocycles. The molecule has 0 heterocycles. The van der Waals surface area contributed by atoms with E-state index in [1.807, 2.05) is 0 Å². The Morgan fingerprint density at radius 3 is 1.44 bits per heavy atom. The summed E-state index contributed by atoms with van der Waals surface area (Å²) in [5.74, 6) is -0.0799. The molecule has 6 heteroatoms. The van der Waals surface area contributed by atoms with Crippen LogP contribution in [0.3, 0.4) is 0 Å². The Kier molecular flexibility index (Phi) is 24.9. The molecule has 0 rings (SSSR count). The van der Waals surface area contributed by atoms with Gasteiger partial charge in [0.15, 0.2) is 0 Å². The van der Waals surface area contributed by atoms with E-state index >= 15 is 0 Å². The fourth-order valence-corrected chi connectivity index (χ4v) is 2.34. The predicted octanol–water partition coefficient (Wildman–Crippen LogP) is 2.50. The number of hydrogen-bond donors (Lipinski definition) is 1. The monoisotopic (exact) mass is 314 g/mol. The van der Waals surface area contributed by atoms with Crippen LogP contribution in [0.4, 0.5) is 0 Å². The first-order chi connectivity index (χ1) is 7.56. The van der Waals surface area contributed by atoms with E-state index < -0.39 is 10.1 Å². The van der Waals surface area contributed by atoms with Gasteiger partial charge in [0.1, 0.15) is 0 Å². The normalized spacial score (nSPS) is 10.6. The zero-order valence-electron chi connectivity index (χ0n) is 10.5. The minimum absolute atomic E-state index is 0. The van der Waals surface area contributed by atoms with Crippen LogP contribution in [0.25, 0.3) is 0 Å². The van der Waals surface area contributed by atoms with Crippen LogP contribution in [-0.4, -0.2) is 99.7 Å². The summed E-state index contributed by atoms with van der Waals surface area (Å²) in [4.78, 5) is 0. The summed E-state index contributed by atoms with van der Waals surface area (Å²) in [7, 11) is -3.73. The number of unbranched alkanes of at least 4 members (excludes halogenated alkanes) is 9. The van der Waals surface area contributed by atoms with Crippen molar-refractivity contribution in [2.45, 2.75) is 71.1 Å². The summed E-state index contributed by atoms with van der Waals surface area (Å²) in [6.07, 6.45) is 11.7. The van der Waals surface area contributed by atoms with Crippen molar-refractivity contribution in [3.63, 3.8) is 0 Å². The van der Waals surface area contributed by atoms with Crippen LogP contribution in [-0.2, 0) is 10.1 Å². The molecule has 0 saturated heterocycles. The molecule has 0 spiro atoms. The Bertz CT molecular complexity index is 246. The molecule has 102 valence electrons. The van der Waals surface area contributed by atoms with E-state index in [1.54, 1.807) is 0 Å². The molecule has 0 fully saturated rings. The van der Waals surface area contributed by atoms with E-state index in [0.29, 0.717) is 6.42 Å². The van der Waals surface area contributed by atoms with Gasteiger partial charge in [-0.3, -0.25) is 4.55 Å². The second-order valence-electron chi connectivity index (χ2n) is 4.47.